The van der Waals surface area contributed by atoms with E-state index < -0.39 is 12.8 Å². The van der Waals surface area contributed by atoms with Gasteiger partial charge in [-0.3, -0.25) is 4.79 Å². The summed E-state index contributed by atoms with van der Waals surface area (Å²) in [7, 11) is 0. The van der Waals surface area contributed by atoms with E-state index in [4.69, 9.17) is 4.74 Å². The molecule has 1 aliphatic rings. The van der Waals surface area contributed by atoms with E-state index in [9.17, 15) is 18.0 Å². The van der Waals surface area contributed by atoms with E-state index in [0.717, 1.165) is 12.8 Å². The van der Waals surface area contributed by atoms with Gasteiger partial charge in [0.1, 0.15) is 6.61 Å². The zero-order valence-electron chi connectivity index (χ0n) is 12.0. The monoisotopic (exact) mass is 317 g/mol. The van der Waals surface area contributed by atoms with Crippen LogP contribution in [0.1, 0.15) is 28.8 Å². The highest BCUT2D eigenvalue weighted by molar-refractivity contribution is 5.94. The molecule has 1 amide bonds. The third-order valence-electron chi connectivity index (χ3n) is 3.24. The van der Waals surface area contributed by atoms with Crippen molar-refractivity contribution in [2.24, 2.45) is 0 Å². The summed E-state index contributed by atoms with van der Waals surface area (Å²) in [4.78, 5) is 12.0. The maximum Gasteiger partial charge on any atom is 0.411 e. The van der Waals surface area contributed by atoms with Gasteiger partial charge < -0.3 is 14.8 Å². The van der Waals surface area contributed by atoms with Crippen molar-refractivity contribution in [3.63, 3.8) is 0 Å². The maximum atomic E-state index is 12.0. The lowest BCUT2D eigenvalue weighted by Gasteiger charge is -2.11. The van der Waals surface area contributed by atoms with E-state index in [2.05, 4.69) is 10.1 Å². The van der Waals surface area contributed by atoms with Crippen LogP contribution in [0.2, 0.25) is 0 Å². The zero-order valence-corrected chi connectivity index (χ0v) is 12.0. The third kappa shape index (κ3) is 5.65. The van der Waals surface area contributed by atoms with E-state index >= 15 is 0 Å². The highest BCUT2D eigenvalue weighted by atomic mass is 19.4. The molecule has 0 aromatic heterocycles. The minimum Gasteiger partial charge on any atom is -0.376 e. The van der Waals surface area contributed by atoms with Crippen LogP contribution in [0, 0.1) is 0 Å². The first kappa shape index (κ1) is 16.8. The number of benzene rings is 1. The largest absolute Gasteiger partial charge is 0.411 e. The van der Waals surface area contributed by atoms with E-state index in [1.54, 1.807) is 18.2 Å². The second-order valence-corrected chi connectivity index (χ2v) is 5.15. The molecule has 2 rings (SSSR count). The molecule has 0 saturated carbocycles. The smallest absolute Gasteiger partial charge is 0.376 e. The summed E-state index contributed by atoms with van der Waals surface area (Å²) >= 11 is 0. The molecule has 4 nitrogen and oxygen atoms in total. The molecule has 0 aliphatic carbocycles. The fourth-order valence-corrected chi connectivity index (χ4v) is 2.20. The van der Waals surface area contributed by atoms with Crippen LogP contribution in [0.3, 0.4) is 0 Å². The number of hydrogen-bond acceptors (Lipinski definition) is 3. The normalized spacial score (nSPS) is 18.4. The molecule has 7 heteroatoms. The fourth-order valence-electron chi connectivity index (χ4n) is 2.20. The Bertz CT molecular complexity index is 499. The van der Waals surface area contributed by atoms with Crippen molar-refractivity contribution in [3.05, 3.63) is 35.4 Å². The summed E-state index contributed by atoms with van der Waals surface area (Å²) in [5.41, 5.74) is 0.917. The standard InChI is InChI=1S/C15H18F3NO3/c16-15(17,18)10-21-9-11-3-1-4-12(7-11)14(20)19-8-13-5-2-6-22-13/h1,3-4,7,13H,2,5-6,8-10H2,(H,19,20)/t13-/m0/s1. The minimum absolute atomic E-state index is 0.0438. The van der Waals surface area contributed by atoms with Gasteiger partial charge in [0.15, 0.2) is 0 Å². The van der Waals surface area contributed by atoms with Crippen LogP contribution in [0.15, 0.2) is 24.3 Å². The SMILES string of the molecule is O=C(NC[C@@H]1CCCO1)c1cccc(COCC(F)(F)F)c1. The molecule has 22 heavy (non-hydrogen) atoms. The van der Waals surface area contributed by atoms with Gasteiger partial charge >= 0.3 is 6.18 Å². The quantitative estimate of drug-likeness (QED) is 0.877. The first-order valence-electron chi connectivity index (χ1n) is 7.07. The summed E-state index contributed by atoms with van der Waals surface area (Å²) in [5, 5.41) is 2.76. The average molecular weight is 317 g/mol. The number of carbonyl (C=O) groups is 1. The number of halogens is 3. The number of carbonyl (C=O) groups excluding carboxylic acids is 1. The van der Waals surface area contributed by atoms with Gasteiger partial charge in [-0.1, -0.05) is 12.1 Å². The number of ether oxygens (including phenoxy) is 2. The molecule has 0 spiro atoms. The lowest BCUT2D eigenvalue weighted by atomic mass is 10.1. The number of nitrogens with one attached hydrogen (secondary N) is 1. The van der Waals surface area contributed by atoms with E-state index in [0.29, 0.717) is 24.3 Å². The number of hydrogen-bond donors (Lipinski definition) is 1. The Balaban J connectivity index is 1.82. The molecule has 0 unspecified atom stereocenters. The van der Waals surface area contributed by atoms with Crippen LogP contribution in [-0.2, 0) is 16.1 Å². The van der Waals surface area contributed by atoms with Crippen LogP contribution >= 0.6 is 0 Å². The van der Waals surface area contributed by atoms with Crippen LogP contribution in [0.5, 0.6) is 0 Å². The van der Waals surface area contributed by atoms with Crippen molar-refractivity contribution in [1.82, 2.24) is 5.32 Å². The first-order valence-corrected chi connectivity index (χ1v) is 7.07. The summed E-state index contributed by atoms with van der Waals surface area (Å²) in [5.74, 6) is -0.270. The predicted molar refractivity (Wildman–Crippen MR) is 73.5 cm³/mol. The van der Waals surface area contributed by atoms with E-state index in [-0.39, 0.29) is 18.6 Å². The Morgan fingerprint density at radius 3 is 2.91 bits per heavy atom. The van der Waals surface area contributed by atoms with Gasteiger partial charge in [0, 0.05) is 18.7 Å². The molecular formula is C15H18F3NO3. The van der Waals surface area contributed by atoms with Crippen LogP contribution in [-0.4, -0.2) is 37.9 Å². The highest BCUT2D eigenvalue weighted by Gasteiger charge is 2.27. The second-order valence-electron chi connectivity index (χ2n) is 5.15. The minimum atomic E-state index is -4.35. The summed E-state index contributed by atoms with van der Waals surface area (Å²) in [6.07, 6.45) is -2.39. The molecule has 1 aromatic rings. The second kappa shape index (κ2) is 7.60. The Morgan fingerprint density at radius 1 is 1.41 bits per heavy atom. The molecule has 0 radical (unpaired) electrons. The summed E-state index contributed by atoms with van der Waals surface area (Å²) in [6, 6.07) is 6.37. The van der Waals surface area contributed by atoms with Crippen molar-refractivity contribution in [2.45, 2.75) is 31.7 Å². The zero-order chi connectivity index (χ0) is 16.0. The fraction of sp³-hybridized carbons (Fsp3) is 0.533. The van der Waals surface area contributed by atoms with Crippen molar-refractivity contribution < 1.29 is 27.4 Å². The molecule has 0 bridgehead atoms. The molecule has 1 fully saturated rings. The summed E-state index contributed by atoms with van der Waals surface area (Å²) in [6.45, 7) is -0.338. The maximum absolute atomic E-state index is 12.0. The third-order valence-corrected chi connectivity index (χ3v) is 3.24. The molecule has 1 aromatic carbocycles. The number of alkyl halides is 3. The van der Waals surface area contributed by atoms with E-state index in [1.807, 2.05) is 0 Å². The number of amides is 1. The van der Waals surface area contributed by atoms with Gasteiger partial charge in [0.25, 0.3) is 5.91 Å². The molecule has 1 atom stereocenters. The Labute approximate surface area is 126 Å². The van der Waals surface area contributed by atoms with Gasteiger partial charge in [-0.05, 0) is 30.5 Å². The lowest BCUT2D eigenvalue weighted by Crippen LogP contribution is -2.31. The average Bonchev–Trinajstić information content (AvgIpc) is 2.97. The predicted octanol–water partition coefficient (Wildman–Crippen LogP) is 2.67. The molecule has 1 aliphatic heterocycles. The molecular weight excluding hydrogens is 299 g/mol. The van der Waals surface area contributed by atoms with Gasteiger partial charge in [-0.15, -0.1) is 0 Å². The van der Waals surface area contributed by atoms with Crippen LogP contribution in [0.4, 0.5) is 13.2 Å². The Kier molecular flexibility index (Phi) is 5.79. The van der Waals surface area contributed by atoms with Gasteiger partial charge in [-0.2, -0.15) is 13.2 Å². The highest BCUT2D eigenvalue weighted by Crippen LogP contribution is 2.16. The number of rotatable bonds is 6. The van der Waals surface area contributed by atoms with Gasteiger partial charge in [-0.25, -0.2) is 0 Å². The van der Waals surface area contributed by atoms with Crippen molar-refractivity contribution >= 4 is 5.91 Å². The lowest BCUT2D eigenvalue weighted by molar-refractivity contribution is -0.176. The topological polar surface area (TPSA) is 47.6 Å². The van der Waals surface area contributed by atoms with Crippen molar-refractivity contribution in [3.8, 4) is 0 Å². The molecule has 1 saturated heterocycles. The van der Waals surface area contributed by atoms with Gasteiger partial charge in [0.2, 0.25) is 0 Å². The van der Waals surface area contributed by atoms with Crippen LogP contribution < -0.4 is 5.32 Å². The van der Waals surface area contributed by atoms with Crippen molar-refractivity contribution in [1.29, 1.82) is 0 Å². The Morgan fingerprint density at radius 2 is 2.23 bits per heavy atom. The summed E-state index contributed by atoms with van der Waals surface area (Å²) < 4.78 is 46.0. The van der Waals surface area contributed by atoms with E-state index in [1.165, 1.54) is 6.07 Å². The molecule has 122 valence electrons. The first-order chi connectivity index (χ1) is 10.4. The van der Waals surface area contributed by atoms with Crippen molar-refractivity contribution in [2.75, 3.05) is 19.8 Å². The molecule has 1 N–H and O–H groups in total. The van der Waals surface area contributed by atoms with Gasteiger partial charge in [0.05, 0.1) is 12.7 Å². The Hall–Kier alpha value is -1.60. The molecule has 1 heterocycles. The van der Waals surface area contributed by atoms with Crippen LogP contribution in [0.25, 0.3) is 0 Å².